The van der Waals surface area contributed by atoms with Crippen molar-refractivity contribution in [1.29, 1.82) is 0 Å². The van der Waals surface area contributed by atoms with Crippen LogP contribution in [0.4, 0.5) is 17.1 Å². The lowest BCUT2D eigenvalue weighted by molar-refractivity contribution is -0.394. The molecule has 2 aromatic carbocycles. The Hall–Kier alpha value is -3.89. The van der Waals surface area contributed by atoms with Crippen molar-refractivity contribution < 1.29 is 24.3 Å². The normalized spacial score (nSPS) is 10.1. The van der Waals surface area contributed by atoms with Gasteiger partial charge >= 0.3 is 5.97 Å². The average molecular weight is 347 g/mol. The molecule has 0 radical (unpaired) electrons. The molecular weight excluding hydrogens is 338 g/mol. The molecule has 0 N–H and O–H groups in total. The van der Waals surface area contributed by atoms with Crippen LogP contribution in [-0.2, 0) is 11.2 Å². The number of non-ortho nitro benzene ring substituents is 2. The Bertz CT molecular complexity index is 863. The Balaban J connectivity index is 2.15. The van der Waals surface area contributed by atoms with Gasteiger partial charge in [0.15, 0.2) is 0 Å². The molecule has 0 unspecified atom stereocenters. The van der Waals surface area contributed by atoms with E-state index in [4.69, 9.17) is 4.74 Å². The molecule has 0 atom stereocenters. The molecule has 0 aliphatic carbocycles. The summed E-state index contributed by atoms with van der Waals surface area (Å²) in [5, 5.41) is 32.2. The van der Waals surface area contributed by atoms with Crippen LogP contribution in [0.3, 0.4) is 0 Å². The fraction of sp³-hybridized carbons (Fsp3) is 0.0714. The van der Waals surface area contributed by atoms with E-state index in [1.165, 1.54) is 12.1 Å². The summed E-state index contributed by atoms with van der Waals surface area (Å²) in [4.78, 5) is 41.9. The van der Waals surface area contributed by atoms with E-state index in [1.54, 1.807) is 0 Å². The summed E-state index contributed by atoms with van der Waals surface area (Å²) in [5.41, 5.74) is -1.29. The van der Waals surface area contributed by atoms with Crippen LogP contribution in [-0.4, -0.2) is 20.7 Å². The molecule has 0 amide bonds. The van der Waals surface area contributed by atoms with Gasteiger partial charge in [0.05, 0.1) is 27.3 Å². The molecule has 128 valence electrons. The van der Waals surface area contributed by atoms with Crippen LogP contribution in [0.2, 0.25) is 0 Å². The lowest BCUT2D eigenvalue weighted by Gasteiger charge is -2.05. The Kier molecular flexibility index (Phi) is 4.98. The second-order valence-corrected chi connectivity index (χ2v) is 4.73. The molecule has 0 aliphatic heterocycles. The number of nitro groups is 3. The Morgan fingerprint density at radius 2 is 1.40 bits per heavy atom. The molecule has 0 bridgehead atoms. The summed E-state index contributed by atoms with van der Waals surface area (Å²) in [6, 6.07) is 7.60. The Morgan fingerprint density at radius 1 is 0.840 bits per heavy atom. The number of carbonyl (C=O) groups is 1. The third kappa shape index (κ3) is 4.31. The van der Waals surface area contributed by atoms with E-state index >= 15 is 0 Å². The van der Waals surface area contributed by atoms with Crippen LogP contribution in [0.25, 0.3) is 0 Å². The Morgan fingerprint density at radius 3 is 1.92 bits per heavy atom. The van der Waals surface area contributed by atoms with Gasteiger partial charge in [-0.25, -0.2) is 0 Å². The van der Waals surface area contributed by atoms with E-state index < -0.39 is 38.5 Å². The van der Waals surface area contributed by atoms with Gasteiger partial charge < -0.3 is 4.74 Å². The molecule has 11 nitrogen and oxygen atoms in total. The summed E-state index contributed by atoms with van der Waals surface area (Å²) in [7, 11) is 0. The minimum atomic E-state index is -0.856. The molecule has 0 saturated heterocycles. The van der Waals surface area contributed by atoms with Crippen LogP contribution in [0.1, 0.15) is 5.56 Å². The van der Waals surface area contributed by atoms with Gasteiger partial charge in [-0.3, -0.25) is 35.1 Å². The van der Waals surface area contributed by atoms with Gasteiger partial charge in [-0.15, -0.1) is 0 Å². The molecule has 0 heterocycles. The largest absolute Gasteiger partial charge is 0.426 e. The summed E-state index contributed by atoms with van der Waals surface area (Å²) in [5.74, 6) is -0.828. The van der Waals surface area contributed by atoms with E-state index in [-0.39, 0.29) is 17.0 Å². The average Bonchev–Trinajstić information content (AvgIpc) is 2.55. The predicted octanol–water partition coefficient (Wildman–Crippen LogP) is 2.56. The van der Waals surface area contributed by atoms with Gasteiger partial charge in [0.25, 0.3) is 17.1 Å². The SMILES string of the molecule is O=C(Cc1ccc([N+](=O)[O-])cc1[N+](=O)[O-])Oc1ccc([N+](=O)[O-])cc1. The number of hydrogen-bond donors (Lipinski definition) is 0. The van der Waals surface area contributed by atoms with Crippen LogP contribution in [0, 0.1) is 30.3 Å². The van der Waals surface area contributed by atoms with Gasteiger partial charge in [-0.1, -0.05) is 0 Å². The fourth-order valence-electron chi connectivity index (χ4n) is 1.94. The lowest BCUT2D eigenvalue weighted by Crippen LogP contribution is -2.12. The molecule has 0 saturated carbocycles. The van der Waals surface area contributed by atoms with E-state index in [1.807, 2.05) is 0 Å². The number of rotatable bonds is 6. The third-order valence-electron chi connectivity index (χ3n) is 3.09. The van der Waals surface area contributed by atoms with Crippen LogP contribution >= 0.6 is 0 Å². The van der Waals surface area contributed by atoms with Crippen molar-refractivity contribution >= 4 is 23.0 Å². The van der Waals surface area contributed by atoms with Crippen molar-refractivity contribution in [2.24, 2.45) is 0 Å². The number of ether oxygens (including phenoxy) is 1. The third-order valence-corrected chi connectivity index (χ3v) is 3.09. The molecule has 0 spiro atoms. The first kappa shape index (κ1) is 17.5. The van der Waals surface area contributed by atoms with E-state index in [0.29, 0.717) is 0 Å². The molecule has 25 heavy (non-hydrogen) atoms. The van der Waals surface area contributed by atoms with Gasteiger partial charge in [-0.05, 0) is 18.2 Å². The molecule has 2 rings (SSSR count). The van der Waals surface area contributed by atoms with E-state index in [2.05, 4.69) is 0 Å². The fourth-order valence-corrected chi connectivity index (χ4v) is 1.94. The highest BCUT2D eigenvalue weighted by molar-refractivity contribution is 5.77. The number of hydrogen-bond acceptors (Lipinski definition) is 8. The van der Waals surface area contributed by atoms with Gasteiger partial charge in [0.2, 0.25) is 0 Å². The predicted molar refractivity (Wildman–Crippen MR) is 82.2 cm³/mol. The standard InChI is InChI=1S/C14H9N3O8/c18-14(25-12-5-3-10(4-6-12)15(19)20)7-9-1-2-11(16(21)22)8-13(9)17(23)24/h1-6,8H,7H2. The maximum absolute atomic E-state index is 11.9. The maximum Gasteiger partial charge on any atom is 0.315 e. The van der Waals surface area contributed by atoms with Crippen molar-refractivity contribution in [3.05, 3.63) is 78.4 Å². The summed E-state index contributed by atoms with van der Waals surface area (Å²) in [6.07, 6.45) is -0.495. The van der Waals surface area contributed by atoms with Gasteiger partial charge in [0.1, 0.15) is 5.75 Å². The number of nitro benzene ring substituents is 3. The number of nitrogens with zero attached hydrogens (tertiary/aromatic N) is 3. The number of carbonyl (C=O) groups excluding carboxylic acids is 1. The maximum atomic E-state index is 11.9. The molecular formula is C14H9N3O8. The zero-order valence-electron chi connectivity index (χ0n) is 12.4. The number of benzene rings is 2. The van der Waals surface area contributed by atoms with Gasteiger partial charge in [-0.2, -0.15) is 0 Å². The zero-order valence-corrected chi connectivity index (χ0v) is 12.4. The van der Waals surface area contributed by atoms with Crippen LogP contribution in [0.15, 0.2) is 42.5 Å². The first-order valence-electron chi connectivity index (χ1n) is 6.65. The van der Waals surface area contributed by atoms with Crippen molar-refractivity contribution in [3.8, 4) is 5.75 Å². The minimum Gasteiger partial charge on any atom is -0.426 e. The summed E-state index contributed by atoms with van der Waals surface area (Å²) >= 11 is 0. The van der Waals surface area contributed by atoms with Crippen molar-refractivity contribution in [3.63, 3.8) is 0 Å². The molecule has 11 heteroatoms. The van der Waals surface area contributed by atoms with Crippen molar-refractivity contribution in [2.45, 2.75) is 6.42 Å². The van der Waals surface area contributed by atoms with Crippen LogP contribution in [0.5, 0.6) is 5.75 Å². The van der Waals surface area contributed by atoms with E-state index in [0.717, 1.165) is 30.3 Å². The monoisotopic (exact) mass is 347 g/mol. The smallest absolute Gasteiger partial charge is 0.315 e. The first-order valence-corrected chi connectivity index (χ1v) is 6.65. The molecule has 0 aromatic heterocycles. The minimum absolute atomic E-state index is 0.0279. The molecule has 2 aromatic rings. The summed E-state index contributed by atoms with van der Waals surface area (Å²) < 4.78 is 4.95. The molecule has 0 fully saturated rings. The second-order valence-electron chi connectivity index (χ2n) is 4.73. The first-order chi connectivity index (χ1) is 11.8. The zero-order chi connectivity index (χ0) is 18.6. The second kappa shape index (κ2) is 7.12. The lowest BCUT2D eigenvalue weighted by atomic mass is 10.1. The Labute approximate surface area is 138 Å². The van der Waals surface area contributed by atoms with Crippen LogP contribution < -0.4 is 4.74 Å². The number of esters is 1. The highest BCUT2D eigenvalue weighted by Gasteiger charge is 2.22. The van der Waals surface area contributed by atoms with Gasteiger partial charge in [0, 0.05) is 23.8 Å². The summed E-state index contributed by atoms with van der Waals surface area (Å²) in [6.45, 7) is 0. The highest BCUT2D eigenvalue weighted by atomic mass is 16.6. The van der Waals surface area contributed by atoms with Crippen molar-refractivity contribution in [2.75, 3.05) is 0 Å². The van der Waals surface area contributed by atoms with E-state index in [9.17, 15) is 35.1 Å². The highest BCUT2D eigenvalue weighted by Crippen LogP contribution is 2.25. The molecule has 0 aliphatic rings. The van der Waals surface area contributed by atoms with Crippen molar-refractivity contribution in [1.82, 2.24) is 0 Å². The quantitative estimate of drug-likeness (QED) is 0.334. The topological polar surface area (TPSA) is 156 Å².